The summed E-state index contributed by atoms with van der Waals surface area (Å²) in [6, 6.07) is 1.25. The van der Waals surface area contributed by atoms with Crippen LogP contribution in [0.2, 0.25) is 0 Å². The van der Waals surface area contributed by atoms with E-state index in [1.807, 2.05) is 0 Å². The molecule has 0 radical (unpaired) electrons. The van der Waals surface area contributed by atoms with Crippen LogP contribution in [0.25, 0.3) is 0 Å². The number of likely N-dealkylation sites (tertiary alicyclic amines) is 1. The van der Waals surface area contributed by atoms with Gasteiger partial charge in [0.05, 0.1) is 0 Å². The molecule has 3 nitrogen and oxygen atoms in total. The van der Waals surface area contributed by atoms with Crippen molar-refractivity contribution in [3.8, 4) is 0 Å². The van der Waals surface area contributed by atoms with Crippen LogP contribution >= 0.6 is 0 Å². The van der Waals surface area contributed by atoms with Gasteiger partial charge in [-0.05, 0) is 44.6 Å². The van der Waals surface area contributed by atoms with Gasteiger partial charge in [-0.1, -0.05) is 26.2 Å². The maximum Gasteiger partial charge on any atom is 0.303 e. The standard InChI is InChI=1S/C15H27NO2/c1-12-6-2-3-8-14(12)16-11-5-4-7-13(16)9-10-15(17)18/h12-14H,2-11H2,1H3,(H,17,18). The summed E-state index contributed by atoms with van der Waals surface area (Å²) in [7, 11) is 0. The molecule has 0 aromatic heterocycles. The van der Waals surface area contributed by atoms with E-state index >= 15 is 0 Å². The first-order chi connectivity index (χ1) is 8.68. The number of hydrogen-bond acceptors (Lipinski definition) is 2. The molecule has 0 aromatic rings. The molecule has 0 spiro atoms. The number of hydrogen-bond donors (Lipinski definition) is 1. The number of carboxylic acids is 1. The Kier molecular flexibility index (Phi) is 5.04. The van der Waals surface area contributed by atoms with Crippen molar-refractivity contribution < 1.29 is 9.90 Å². The monoisotopic (exact) mass is 253 g/mol. The molecule has 2 fully saturated rings. The highest BCUT2D eigenvalue weighted by molar-refractivity contribution is 5.66. The third-order valence-corrected chi connectivity index (χ3v) is 4.86. The van der Waals surface area contributed by atoms with Gasteiger partial charge in [0.1, 0.15) is 0 Å². The predicted octanol–water partition coefficient (Wildman–Crippen LogP) is 3.28. The normalized spacial score (nSPS) is 34.4. The molecule has 0 bridgehead atoms. The summed E-state index contributed by atoms with van der Waals surface area (Å²) in [6.45, 7) is 3.58. The first-order valence-electron chi connectivity index (χ1n) is 7.66. The van der Waals surface area contributed by atoms with Crippen LogP contribution in [0.15, 0.2) is 0 Å². The Labute approximate surface area is 111 Å². The zero-order valence-corrected chi connectivity index (χ0v) is 11.6. The van der Waals surface area contributed by atoms with Crippen molar-refractivity contribution in [3.63, 3.8) is 0 Å². The van der Waals surface area contributed by atoms with Crippen molar-refractivity contribution in [2.24, 2.45) is 5.92 Å². The fraction of sp³-hybridized carbons (Fsp3) is 0.933. The first-order valence-corrected chi connectivity index (χ1v) is 7.66. The Morgan fingerprint density at radius 3 is 2.61 bits per heavy atom. The Morgan fingerprint density at radius 1 is 1.17 bits per heavy atom. The topological polar surface area (TPSA) is 40.5 Å². The van der Waals surface area contributed by atoms with Gasteiger partial charge in [-0.3, -0.25) is 9.69 Å². The molecule has 1 saturated carbocycles. The fourth-order valence-corrected chi connectivity index (χ4v) is 3.85. The van der Waals surface area contributed by atoms with Crippen molar-refractivity contribution in [1.29, 1.82) is 0 Å². The Bertz CT molecular complexity index is 280. The van der Waals surface area contributed by atoms with Crippen LogP contribution in [0, 0.1) is 5.92 Å². The molecule has 1 saturated heterocycles. The molecule has 0 aromatic carbocycles. The van der Waals surface area contributed by atoms with Crippen LogP contribution in [0.4, 0.5) is 0 Å². The molecule has 1 N–H and O–H groups in total. The molecule has 2 rings (SSSR count). The summed E-state index contributed by atoms with van der Waals surface area (Å²) in [5, 5.41) is 8.87. The van der Waals surface area contributed by atoms with E-state index in [-0.39, 0.29) is 0 Å². The van der Waals surface area contributed by atoms with E-state index in [2.05, 4.69) is 11.8 Å². The highest BCUT2D eigenvalue weighted by Crippen LogP contribution is 2.33. The second-order valence-corrected chi connectivity index (χ2v) is 6.15. The van der Waals surface area contributed by atoms with Crippen molar-refractivity contribution in [2.45, 2.75) is 76.8 Å². The number of piperidine rings is 1. The maximum atomic E-state index is 10.8. The fourth-order valence-electron chi connectivity index (χ4n) is 3.85. The lowest BCUT2D eigenvalue weighted by Crippen LogP contribution is -2.50. The molecular weight excluding hydrogens is 226 g/mol. The number of nitrogens with zero attached hydrogens (tertiary/aromatic N) is 1. The zero-order valence-electron chi connectivity index (χ0n) is 11.6. The highest BCUT2D eigenvalue weighted by Gasteiger charge is 2.33. The SMILES string of the molecule is CC1CCCCC1N1CCCCC1CCC(=O)O. The first kappa shape index (κ1) is 13.9. The Morgan fingerprint density at radius 2 is 1.89 bits per heavy atom. The quantitative estimate of drug-likeness (QED) is 0.836. The Hall–Kier alpha value is -0.570. The molecule has 1 aliphatic carbocycles. The molecule has 3 heteroatoms. The number of carboxylic acid groups (broad SMARTS) is 1. The number of aliphatic carboxylic acids is 1. The third-order valence-electron chi connectivity index (χ3n) is 4.86. The zero-order chi connectivity index (χ0) is 13.0. The van der Waals surface area contributed by atoms with Crippen molar-refractivity contribution in [2.75, 3.05) is 6.54 Å². The molecule has 3 atom stereocenters. The smallest absolute Gasteiger partial charge is 0.303 e. The van der Waals surface area contributed by atoms with E-state index in [1.165, 1.54) is 51.5 Å². The third kappa shape index (κ3) is 3.47. The lowest BCUT2D eigenvalue weighted by Gasteiger charge is -2.45. The van der Waals surface area contributed by atoms with Gasteiger partial charge in [0.2, 0.25) is 0 Å². The molecule has 2 aliphatic rings. The van der Waals surface area contributed by atoms with E-state index in [1.54, 1.807) is 0 Å². The molecular formula is C15H27NO2. The van der Waals surface area contributed by atoms with Crippen molar-refractivity contribution in [1.82, 2.24) is 4.90 Å². The summed E-state index contributed by atoms with van der Waals surface area (Å²) in [4.78, 5) is 13.4. The maximum absolute atomic E-state index is 10.8. The van der Waals surface area contributed by atoms with Gasteiger partial charge >= 0.3 is 5.97 Å². The van der Waals surface area contributed by atoms with Gasteiger partial charge in [-0.25, -0.2) is 0 Å². The summed E-state index contributed by atoms with van der Waals surface area (Å²) < 4.78 is 0. The van der Waals surface area contributed by atoms with Crippen molar-refractivity contribution >= 4 is 5.97 Å². The average molecular weight is 253 g/mol. The summed E-state index contributed by atoms with van der Waals surface area (Å²) in [5.41, 5.74) is 0. The number of carbonyl (C=O) groups is 1. The van der Waals surface area contributed by atoms with E-state index < -0.39 is 5.97 Å². The minimum absolute atomic E-state index is 0.336. The summed E-state index contributed by atoms with van der Waals surface area (Å²) in [6.07, 6.45) is 10.4. The second kappa shape index (κ2) is 6.55. The molecule has 104 valence electrons. The van der Waals surface area contributed by atoms with Gasteiger partial charge in [0.15, 0.2) is 0 Å². The van der Waals surface area contributed by atoms with E-state index in [4.69, 9.17) is 5.11 Å². The molecule has 1 aliphatic heterocycles. The minimum Gasteiger partial charge on any atom is -0.481 e. The lowest BCUT2D eigenvalue weighted by atomic mass is 9.82. The van der Waals surface area contributed by atoms with Gasteiger partial charge in [0.25, 0.3) is 0 Å². The van der Waals surface area contributed by atoms with Crippen LogP contribution in [0.5, 0.6) is 0 Å². The van der Waals surface area contributed by atoms with E-state index in [9.17, 15) is 4.79 Å². The minimum atomic E-state index is -0.641. The lowest BCUT2D eigenvalue weighted by molar-refractivity contribution is -0.137. The average Bonchev–Trinajstić information content (AvgIpc) is 2.37. The van der Waals surface area contributed by atoms with Crippen LogP contribution in [0.1, 0.15) is 64.7 Å². The number of rotatable bonds is 4. The molecule has 1 heterocycles. The van der Waals surface area contributed by atoms with Gasteiger partial charge in [-0.2, -0.15) is 0 Å². The van der Waals surface area contributed by atoms with E-state index in [0.29, 0.717) is 12.5 Å². The van der Waals surface area contributed by atoms with Crippen LogP contribution in [0.3, 0.4) is 0 Å². The van der Waals surface area contributed by atoms with E-state index in [0.717, 1.165) is 18.4 Å². The largest absolute Gasteiger partial charge is 0.481 e. The summed E-state index contributed by atoms with van der Waals surface area (Å²) >= 11 is 0. The summed E-state index contributed by atoms with van der Waals surface area (Å²) in [5.74, 6) is 0.154. The second-order valence-electron chi connectivity index (χ2n) is 6.15. The molecule has 3 unspecified atom stereocenters. The van der Waals surface area contributed by atoms with Gasteiger partial charge < -0.3 is 5.11 Å². The van der Waals surface area contributed by atoms with Gasteiger partial charge in [-0.15, -0.1) is 0 Å². The highest BCUT2D eigenvalue weighted by atomic mass is 16.4. The van der Waals surface area contributed by atoms with Gasteiger partial charge in [0, 0.05) is 18.5 Å². The molecule has 18 heavy (non-hydrogen) atoms. The van der Waals surface area contributed by atoms with Crippen LogP contribution < -0.4 is 0 Å². The Balaban J connectivity index is 1.95. The van der Waals surface area contributed by atoms with Crippen LogP contribution in [-0.2, 0) is 4.79 Å². The van der Waals surface area contributed by atoms with Crippen molar-refractivity contribution in [3.05, 3.63) is 0 Å². The predicted molar refractivity (Wildman–Crippen MR) is 72.6 cm³/mol. The molecule has 0 amide bonds. The van der Waals surface area contributed by atoms with Crippen LogP contribution in [-0.4, -0.2) is 34.6 Å².